The second-order valence-electron chi connectivity index (χ2n) is 5.73. The molecular weight excluding hydrogens is 302 g/mol. The van der Waals surface area contributed by atoms with Gasteiger partial charge in [0.1, 0.15) is 5.75 Å². The van der Waals surface area contributed by atoms with Crippen molar-refractivity contribution in [2.75, 3.05) is 20.8 Å². The van der Waals surface area contributed by atoms with E-state index in [9.17, 15) is 4.79 Å². The Balaban J connectivity index is 2.49. The van der Waals surface area contributed by atoms with Crippen LogP contribution in [0.5, 0.6) is 5.75 Å². The maximum Gasteiger partial charge on any atom is 0.309 e. The van der Waals surface area contributed by atoms with Crippen LogP contribution in [0.4, 0.5) is 0 Å². The van der Waals surface area contributed by atoms with Crippen molar-refractivity contribution < 1.29 is 14.3 Å². The normalized spacial score (nSPS) is 10.5. The van der Waals surface area contributed by atoms with Gasteiger partial charge in [0.2, 0.25) is 0 Å². The summed E-state index contributed by atoms with van der Waals surface area (Å²) in [6.07, 6.45) is 0.252. The third kappa shape index (κ3) is 4.36. The maximum absolute atomic E-state index is 11.6. The van der Waals surface area contributed by atoms with Crippen LogP contribution in [-0.2, 0) is 22.5 Å². The molecule has 0 unspecified atom stereocenters. The van der Waals surface area contributed by atoms with Gasteiger partial charge in [-0.15, -0.1) is 0 Å². The van der Waals surface area contributed by atoms with Gasteiger partial charge in [0.25, 0.3) is 0 Å². The molecule has 0 atom stereocenters. The lowest BCUT2D eigenvalue weighted by Gasteiger charge is -2.15. The van der Waals surface area contributed by atoms with Crippen LogP contribution in [0.15, 0.2) is 36.4 Å². The molecule has 2 aromatic rings. The van der Waals surface area contributed by atoms with Crippen LogP contribution in [-0.4, -0.2) is 26.7 Å². The highest BCUT2D eigenvalue weighted by atomic mass is 16.5. The monoisotopic (exact) mass is 327 g/mol. The summed E-state index contributed by atoms with van der Waals surface area (Å²) in [6.45, 7) is 5.88. The Kier molecular flexibility index (Phi) is 6.38. The van der Waals surface area contributed by atoms with E-state index in [0.717, 1.165) is 35.5 Å². The second kappa shape index (κ2) is 8.50. The van der Waals surface area contributed by atoms with Gasteiger partial charge in [0.05, 0.1) is 20.6 Å². The maximum atomic E-state index is 11.6. The molecule has 2 aromatic carbocycles. The Morgan fingerprint density at radius 2 is 1.88 bits per heavy atom. The Morgan fingerprint density at radius 3 is 2.54 bits per heavy atom. The van der Waals surface area contributed by atoms with E-state index >= 15 is 0 Å². The second-order valence-corrected chi connectivity index (χ2v) is 5.73. The van der Waals surface area contributed by atoms with Gasteiger partial charge in [0.15, 0.2) is 0 Å². The first kappa shape index (κ1) is 18.0. The van der Waals surface area contributed by atoms with Crippen molar-refractivity contribution in [3.05, 3.63) is 53.1 Å². The fraction of sp³-hybridized carbons (Fsp3) is 0.350. The molecule has 0 aliphatic heterocycles. The highest BCUT2D eigenvalue weighted by Gasteiger charge is 2.13. The standard InChI is InChI=1S/C20H25NO3/c1-5-21-13-16-10-14(2)6-8-17(16)18-11-15(12-20(22)24-4)7-9-19(18)23-3/h6-11,21H,5,12-13H2,1-4H3. The summed E-state index contributed by atoms with van der Waals surface area (Å²) in [7, 11) is 3.07. The minimum atomic E-state index is -0.247. The number of carbonyl (C=O) groups is 1. The molecule has 4 heteroatoms. The van der Waals surface area contributed by atoms with Crippen molar-refractivity contribution in [1.82, 2.24) is 5.32 Å². The number of methoxy groups -OCH3 is 2. The molecule has 0 saturated carbocycles. The Labute approximate surface area is 143 Å². The van der Waals surface area contributed by atoms with Gasteiger partial charge in [-0.25, -0.2) is 0 Å². The summed E-state index contributed by atoms with van der Waals surface area (Å²) >= 11 is 0. The van der Waals surface area contributed by atoms with Gasteiger partial charge in [0, 0.05) is 12.1 Å². The average molecular weight is 327 g/mol. The molecule has 2 rings (SSSR count). The number of aryl methyl sites for hydroxylation is 1. The molecule has 4 nitrogen and oxygen atoms in total. The summed E-state index contributed by atoms with van der Waals surface area (Å²) in [4.78, 5) is 11.6. The lowest BCUT2D eigenvalue weighted by atomic mass is 9.95. The molecule has 0 aliphatic rings. The largest absolute Gasteiger partial charge is 0.496 e. The molecular formula is C20H25NO3. The number of hydrogen-bond donors (Lipinski definition) is 1. The van der Waals surface area contributed by atoms with Crippen LogP contribution >= 0.6 is 0 Å². The zero-order chi connectivity index (χ0) is 17.5. The molecule has 0 amide bonds. The molecule has 24 heavy (non-hydrogen) atoms. The molecule has 0 fully saturated rings. The van der Waals surface area contributed by atoms with Gasteiger partial charge < -0.3 is 14.8 Å². The van der Waals surface area contributed by atoms with E-state index in [4.69, 9.17) is 9.47 Å². The topological polar surface area (TPSA) is 47.6 Å². The fourth-order valence-electron chi connectivity index (χ4n) is 2.71. The van der Waals surface area contributed by atoms with E-state index in [1.807, 2.05) is 18.2 Å². The van der Waals surface area contributed by atoms with Crippen LogP contribution in [0.1, 0.15) is 23.6 Å². The number of esters is 1. The number of hydrogen-bond acceptors (Lipinski definition) is 4. The summed E-state index contributed by atoms with van der Waals surface area (Å²) in [5.74, 6) is 0.549. The van der Waals surface area contributed by atoms with Crippen molar-refractivity contribution in [2.45, 2.75) is 26.8 Å². The van der Waals surface area contributed by atoms with E-state index < -0.39 is 0 Å². The summed E-state index contributed by atoms with van der Waals surface area (Å²) in [5, 5.41) is 3.38. The van der Waals surface area contributed by atoms with E-state index in [1.54, 1.807) is 7.11 Å². The molecule has 0 aliphatic carbocycles. The molecule has 0 saturated heterocycles. The number of rotatable bonds is 7. The Morgan fingerprint density at radius 1 is 1.08 bits per heavy atom. The summed E-state index contributed by atoms with van der Waals surface area (Å²) in [5.41, 5.74) is 5.45. The van der Waals surface area contributed by atoms with E-state index in [0.29, 0.717) is 0 Å². The predicted octanol–water partition coefficient (Wildman–Crippen LogP) is 3.50. The van der Waals surface area contributed by atoms with Crippen molar-refractivity contribution in [1.29, 1.82) is 0 Å². The van der Waals surface area contributed by atoms with Gasteiger partial charge >= 0.3 is 5.97 Å². The van der Waals surface area contributed by atoms with Crippen LogP contribution in [0.25, 0.3) is 11.1 Å². The quantitative estimate of drug-likeness (QED) is 0.791. The lowest BCUT2D eigenvalue weighted by molar-refractivity contribution is -0.139. The first-order valence-corrected chi connectivity index (χ1v) is 8.13. The highest BCUT2D eigenvalue weighted by Crippen LogP contribution is 2.34. The van der Waals surface area contributed by atoms with Crippen LogP contribution in [0.3, 0.4) is 0 Å². The zero-order valence-electron chi connectivity index (χ0n) is 14.8. The van der Waals surface area contributed by atoms with Crippen molar-refractivity contribution in [3.63, 3.8) is 0 Å². The minimum absolute atomic E-state index is 0.247. The zero-order valence-corrected chi connectivity index (χ0v) is 14.8. The molecule has 128 valence electrons. The first-order chi connectivity index (χ1) is 11.6. The third-order valence-corrected chi connectivity index (χ3v) is 3.96. The van der Waals surface area contributed by atoms with Gasteiger partial charge in [-0.3, -0.25) is 4.79 Å². The Bertz CT molecular complexity index is 710. The van der Waals surface area contributed by atoms with Crippen LogP contribution < -0.4 is 10.1 Å². The van der Waals surface area contributed by atoms with Gasteiger partial charge in [-0.2, -0.15) is 0 Å². The number of nitrogens with one attached hydrogen (secondary N) is 1. The molecule has 0 radical (unpaired) electrons. The number of carbonyl (C=O) groups excluding carboxylic acids is 1. The van der Waals surface area contributed by atoms with Gasteiger partial charge in [-0.1, -0.05) is 36.8 Å². The smallest absolute Gasteiger partial charge is 0.309 e. The molecule has 0 aromatic heterocycles. The molecule has 0 spiro atoms. The van der Waals surface area contributed by atoms with Crippen LogP contribution in [0, 0.1) is 6.92 Å². The van der Waals surface area contributed by atoms with E-state index in [2.05, 4.69) is 37.4 Å². The Hall–Kier alpha value is -2.33. The highest BCUT2D eigenvalue weighted by molar-refractivity contribution is 5.77. The van der Waals surface area contributed by atoms with Crippen molar-refractivity contribution in [2.24, 2.45) is 0 Å². The fourth-order valence-corrected chi connectivity index (χ4v) is 2.71. The predicted molar refractivity (Wildman–Crippen MR) is 96.3 cm³/mol. The van der Waals surface area contributed by atoms with Gasteiger partial charge in [-0.05, 0) is 42.3 Å². The molecule has 0 heterocycles. The van der Waals surface area contributed by atoms with Crippen molar-refractivity contribution in [3.8, 4) is 16.9 Å². The number of benzene rings is 2. The van der Waals surface area contributed by atoms with E-state index in [1.165, 1.54) is 18.2 Å². The molecule has 1 N–H and O–H groups in total. The first-order valence-electron chi connectivity index (χ1n) is 8.13. The minimum Gasteiger partial charge on any atom is -0.496 e. The lowest BCUT2D eigenvalue weighted by Crippen LogP contribution is -2.13. The third-order valence-electron chi connectivity index (χ3n) is 3.96. The summed E-state index contributed by atoms with van der Waals surface area (Å²) in [6, 6.07) is 12.2. The average Bonchev–Trinajstić information content (AvgIpc) is 2.59. The van der Waals surface area contributed by atoms with Crippen molar-refractivity contribution >= 4 is 5.97 Å². The van der Waals surface area contributed by atoms with Crippen LogP contribution in [0.2, 0.25) is 0 Å². The SMILES string of the molecule is CCNCc1cc(C)ccc1-c1cc(CC(=O)OC)ccc1OC. The number of ether oxygens (including phenoxy) is 2. The summed E-state index contributed by atoms with van der Waals surface area (Å²) < 4.78 is 10.3. The van der Waals surface area contributed by atoms with E-state index in [-0.39, 0.29) is 12.4 Å². The molecule has 0 bridgehead atoms.